The maximum atomic E-state index is 14.1. The molecule has 0 aliphatic heterocycles. The molecule has 228 valence electrons. The minimum absolute atomic E-state index is 0.000601. The Morgan fingerprint density at radius 1 is 1.02 bits per heavy atom. The number of aromatic nitrogens is 4. The van der Waals surface area contributed by atoms with Crippen molar-refractivity contribution < 1.29 is 22.7 Å². The number of rotatable bonds is 11. The number of nitrogens with one attached hydrogen (secondary N) is 1. The van der Waals surface area contributed by atoms with Crippen molar-refractivity contribution in [1.82, 2.24) is 24.0 Å². The second-order valence-corrected chi connectivity index (χ2v) is 12.1. The number of carbonyl (C=O) groups excluding carboxylic acids is 2. The molecular weight excluding hydrogens is 574 g/mol. The minimum Gasteiger partial charge on any atom is -0.461 e. The third kappa shape index (κ3) is 7.20. The lowest BCUT2D eigenvalue weighted by atomic mass is 10.1. The third-order valence-corrected chi connectivity index (χ3v) is 7.99. The van der Waals surface area contributed by atoms with E-state index in [-0.39, 0.29) is 41.6 Å². The Morgan fingerprint density at radius 2 is 1.63 bits per heavy atom. The molecule has 0 spiro atoms. The quantitative estimate of drug-likeness (QED) is 0.243. The highest BCUT2D eigenvalue weighted by Crippen LogP contribution is 2.22. The van der Waals surface area contributed by atoms with Crippen molar-refractivity contribution in [3.8, 4) is 0 Å². The number of nitrogen functional groups attached to an aromatic ring is 1. The number of ether oxygens (including phenoxy) is 1. The molecule has 0 aliphatic carbocycles. The number of nitrogens with zero attached hydrogens (tertiary/aromatic N) is 5. The molecule has 4 aromatic rings. The highest BCUT2D eigenvalue weighted by atomic mass is 32.2. The zero-order chi connectivity index (χ0) is 31.3. The molecule has 0 radical (unpaired) electrons. The topological polar surface area (TPSA) is 172 Å². The molecular formula is C29H35N7O6S. The van der Waals surface area contributed by atoms with Crippen molar-refractivity contribution in [2.75, 3.05) is 23.3 Å². The fraction of sp³-hybridized carbons (Fsp3) is 0.345. The van der Waals surface area contributed by atoms with E-state index in [4.69, 9.17) is 10.5 Å². The molecule has 0 saturated carbocycles. The molecule has 2 aromatic heterocycles. The lowest BCUT2D eigenvalue weighted by Gasteiger charge is -2.27. The molecule has 1 amide bonds. The second-order valence-electron chi connectivity index (χ2n) is 10.3. The Kier molecular flexibility index (Phi) is 9.49. The molecule has 1 unspecified atom stereocenters. The molecule has 4 rings (SSSR count). The molecule has 2 heterocycles. The first kappa shape index (κ1) is 31.2. The number of benzene rings is 2. The van der Waals surface area contributed by atoms with Gasteiger partial charge < -0.3 is 15.4 Å². The Bertz CT molecular complexity index is 1770. The molecule has 0 saturated heterocycles. The van der Waals surface area contributed by atoms with Gasteiger partial charge in [-0.1, -0.05) is 67.6 Å². The van der Waals surface area contributed by atoms with Crippen LogP contribution in [0, 0.1) is 0 Å². The molecule has 0 aliphatic rings. The van der Waals surface area contributed by atoms with E-state index in [1.54, 1.807) is 45.0 Å². The molecule has 0 fully saturated rings. The van der Waals surface area contributed by atoms with E-state index in [1.807, 2.05) is 36.4 Å². The summed E-state index contributed by atoms with van der Waals surface area (Å²) in [6.45, 7) is 5.11. The number of carbonyl (C=O) groups is 2. The van der Waals surface area contributed by atoms with Gasteiger partial charge in [0.25, 0.3) is 0 Å². The van der Waals surface area contributed by atoms with Gasteiger partial charge in [0.2, 0.25) is 16.0 Å². The van der Waals surface area contributed by atoms with Gasteiger partial charge in [0.1, 0.15) is 11.6 Å². The SMILES string of the molecule is CCCS(=O)(=O)Nc1nc(N)c2c(n1)n(Cc1ccccc1)c(=O)n2C(=O)N(C)C(Cc1ccccc1)C(=O)OC(C)C. The summed E-state index contributed by atoms with van der Waals surface area (Å²) < 4.78 is 34.7. The van der Waals surface area contributed by atoms with Crippen LogP contribution in [0.1, 0.15) is 38.3 Å². The molecule has 2 aromatic carbocycles. The summed E-state index contributed by atoms with van der Waals surface area (Å²) >= 11 is 0. The first-order valence-corrected chi connectivity index (χ1v) is 15.4. The van der Waals surface area contributed by atoms with Crippen LogP contribution in [0.4, 0.5) is 16.6 Å². The minimum atomic E-state index is -3.79. The maximum Gasteiger partial charge on any atom is 0.339 e. The van der Waals surface area contributed by atoms with Gasteiger partial charge in [0, 0.05) is 13.5 Å². The number of hydrogen-bond donors (Lipinski definition) is 2. The zero-order valence-corrected chi connectivity index (χ0v) is 25.2. The Hall–Kier alpha value is -4.72. The van der Waals surface area contributed by atoms with Crippen molar-refractivity contribution in [2.45, 2.75) is 52.3 Å². The van der Waals surface area contributed by atoms with Gasteiger partial charge in [-0.3, -0.25) is 9.29 Å². The number of fused-ring (bicyclic) bond motifs is 1. The summed E-state index contributed by atoms with van der Waals surface area (Å²) in [5, 5.41) is 0. The van der Waals surface area contributed by atoms with Gasteiger partial charge in [-0.15, -0.1) is 0 Å². The average Bonchev–Trinajstić information content (AvgIpc) is 3.22. The number of sulfonamides is 1. The number of nitrogens with two attached hydrogens (primary N) is 1. The van der Waals surface area contributed by atoms with Gasteiger partial charge in [-0.25, -0.2) is 27.4 Å². The van der Waals surface area contributed by atoms with Crippen LogP contribution in [0.3, 0.4) is 0 Å². The van der Waals surface area contributed by atoms with Crippen LogP contribution >= 0.6 is 0 Å². The summed E-state index contributed by atoms with van der Waals surface area (Å²) in [7, 11) is -2.39. The van der Waals surface area contributed by atoms with Crippen molar-refractivity contribution >= 4 is 45.0 Å². The predicted molar refractivity (Wildman–Crippen MR) is 163 cm³/mol. The Labute approximate surface area is 249 Å². The lowest BCUT2D eigenvalue weighted by Crippen LogP contribution is -2.49. The average molecular weight is 610 g/mol. The van der Waals surface area contributed by atoms with Crippen LogP contribution in [0.5, 0.6) is 0 Å². The second kappa shape index (κ2) is 13.1. The van der Waals surface area contributed by atoms with E-state index in [9.17, 15) is 22.8 Å². The summed E-state index contributed by atoms with van der Waals surface area (Å²) in [6, 6.07) is 16.1. The summed E-state index contributed by atoms with van der Waals surface area (Å²) in [4.78, 5) is 50.7. The summed E-state index contributed by atoms with van der Waals surface area (Å²) in [6.07, 6.45) is 0.0389. The Balaban J connectivity index is 1.85. The normalized spacial score (nSPS) is 12.3. The van der Waals surface area contributed by atoms with E-state index in [0.29, 0.717) is 6.42 Å². The van der Waals surface area contributed by atoms with E-state index in [0.717, 1.165) is 20.6 Å². The van der Waals surface area contributed by atoms with Gasteiger partial charge in [-0.2, -0.15) is 9.97 Å². The number of esters is 1. The first-order chi connectivity index (χ1) is 20.4. The molecule has 14 heteroatoms. The van der Waals surface area contributed by atoms with Crippen molar-refractivity contribution in [2.24, 2.45) is 0 Å². The van der Waals surface area contributed by atoms with Crippen LogP contribution in [0.15, 0.2) is 65.5 Å². The molecule has 13 nitrogen and oxygen atoms in total. The fourth-order valence-corrected chi connectivity index (χ4v) is 5.59. The van der Waals surface area contributed by atoms with Crippen LogP contribution in [0.25, 0.3) is 11.2 Å². The Morgan fingerprint density at radius 3 is 2.21 bits per heavy atom. The van der Waals surface area contributed by atoms with E-state index in [1.165, 1.54) is 11.6 Å². The summed E-state index contributed by atoms with van der Waals surface area (Å²) in [5.74, 6) is -1.45. The largest absolute Gasteiger partial charge is 0.461 e. The fourth-order valence-electron chi connectivity index (χ4n) is 4.58. The maximum absolute atomic E-state index is 14.1. The van der Waals surface area contributed by atoms with Crippen molar-refractivity contribution in [3.63, 3.8) is 0 Å². The first-order valence-electron chi connectivity index (χ1n) is 13.8. The molecule has 1 atom stereocenters. The number of hydrogen-bond acceptors (Lipinski definition) is 9. The highest BCUT2D eigenvalue weighted by molar-refractivity contribution is 7.92. The van der Waals surface area contributed by atoms with E-state index in [2.05, 4.69) is 14.7 Å². The van der Waals surface area contributed by atoms with Gasteiger partial charge in [0.15, 0.2) is 11.5 Å². The van der Waals surface area contributed by atoms with E-state index < -0.39 is 39.9 Å². The smallest absolute Gasteiger partial charge is 0.339 e. The summed E-state index contributed by atoms with van der Waals surface area (Å²) in [5.41, 5.74) is 6.80. The standard InChI is InChI=1S/C29H35N7O6S/c1-5-16-43(40,41)33-27-31-24(30)23-25(32-27)35(18-21-14-10-7-11-15-21)29(39)36(23)28(38)34(4)22(26(37)42-19(2)3)17-20-12-8-6-9-13-20/h6-15,19,22H,5,16-18H2,1-4H3,(H3,30,31,32,33). The van der Waals surface area contributed by atoms with Crippen LogP contribution in [-0.4, -0.2) is 69.4 Å². The number of amides is 1. The van der Waals surface area contributed by atoms with Crippen molar-refractivity contribution in [1.29, 1.82) is 0 Å². The van der Waals surface area contributed by atoms with E-state index >= 15 is 0 Å². The van der Waals surface area contributed by atoms with Crippen LogP contribution in [0.2, 0.25) is 0 Å². The molecule has 3 N–H and O–H groups in total. The number of anilines is 2. The zero-order valence-electron chi connectivity index (χ0n) is 24.4. The van der Waals surface area contributed by atoms with Crippen molar-refractivity contribution in [3.05, 3.63) is 82.3 Å². The lowest BCUT2D eigenvalue weighted by molar-refractivity contribution is -0.152. The van der Waals surface area contributed by atoms with Gasteiger partial charge in [-0.05, 0) is 31.4 Å². The third-order valence-electron chi connectivity index (χ3n) is 6.55. The number of likely N-dealkylation sites (N-methyl/N-ethyl adjacent to an activating group) is 1. The van der Waals surface area contributed by atoms with Gasteiger partial charge in [0.05, 0.1) is 18.4 Å². The highest BCUT2D eigenvalue weighted by Gasteiger charge is 2.33. The van der Waals surface area contributed by atoms with Crippen LogP contribution < -0.4 is 16.1 Å². The predicted octanol–water partition coefficient (Wildman–Crippen LogP) is 2.84. The molecule has 43 heavy (non-hydrogen) atoms. The molecule has 0 bridgehead atoms. The monoisotopic (exact) mass is 609 g/mol. The van der Waals surface area contributed by atoms with Gasteiger partial charge >= 0.3 is 17.7 Å². The number of imidazole rings is 1. The van der Waals surface area contributed by atoms with Crippen LogP contribution in [-0.2, 0) is 32.5 Å².